The van der Waals surface area contributed by atoms with E-state index in [9.17, 15) is 9.59 Å². The highest BCUT2D eigenvalue weighted by molar-refractivity contribution is 6.30. The molecule has 0 radical (unpaired) electrons. The van der Waals surface area contributed by atoms with E-state index in [-0.39, 0.29) is 19.1 Å². The molecule has 0 saturated heterocycles. The lowest BCUT2D eigenvalue weighted by Crippen LogP contribution is -2.37. The van der Waals surface area contributed by atoms with Crippen molar-refractivity contribution in [3.63, 3.8) is 0 Å². The molecule has 0 spiro atoms. The van der Waals surface area contributed by atoms with Gasteiger partial charge in [-0.15, -0.1) is 0 Å². The average Bonchev–Trinajstić information content (AvgIpc) is 2.96. The molecule has 0 aromatic heterocycles. The van der Waals surface area contributed by atoms with Crippen molar-refractivity contribution >= 4 is 29.2 Å². The number of nitrogens with one attached hydrogen (secondary N) is 1. The summed E-state index contributed by atoms with van der Waals surface area (Å²) >= 11 is 5.98. The maximum Gasteiger partial charge on any atom is 0.338 e. The number of amides is 1. The first-order valence-electron chi connectivity index (χ1n) is 13.0. The van der Waals surface area contributed by atoms with Crippen molar-refractivity contribution in [3.05, 3.63) is 136 Å². The van der Waals surface area contributed by atoms with Gasteiger partial charge in [0.15, 0.2) is 0 Å². The number of hydrogen-bond acceptors (Lipinski definition) is 4. The number of halogens is 1. The summed E-state index contributed by atoms with van der Waals surface area (Å²) < 4.78 is 5.45. The summed E-state index contributed by atoms with van der Waals surface area (Å²) in [5.41, 5.74) is 5.39. The molecule has 200 valence electrons. The zero-order valence-corrected chi connectivity index (χ0v) is 23.0. The van der Waals surface area contributed by atoms with Gasteiger partial charge in [0.05, 0.1) is 18.7 Å². The summed E-state index contributed by atoms with van der Waals surface area (Å²) in [6.07, 6.45) is 0. The Morgan fingerprint density at radius 1 is 0.795 bits per heavy atom. The quantitative estimate of drug-likeness (QED) is 0.205. The third-order valence-electron chi connectivity index (χ3n) is 6.43. The van der Waals surface area contributed by atoms with E-state index in [1.54, 1.807) is 29.2 Å². The second kappa shape index (κ2) is 13.7. The van der Waals surface area contributed by atoms with Gasteiger partial charge in [-0.2, -0.15) is 0 Å². The smallest absolute Gasteiger partial charge is 0.338 e. The van der Waals surface area contributed by atoms with Crippen molar-refractivity contribution in [2.24, 2.45) is 0 Å². The molecule has 0 fully saturated rings. The monoisotopic (exact) mass is 540 g/mol. The molecule has 5 nitrogen and oxygen atoms in total. The van der Waals surface area contributed by atoms with Crippen molar-refractivity contribution < 1.29 is 14.3 Å². The number of hydrogen-bond donors (Lipinski definition) is 1. The molecule has 6 heteroatoms. The van der Waals surface area contributed by atoms with E-state index in [4.69, 9.17) is 16.3 Å². The number of esters is 1. The summed E-state index contributed by atoms with van der Waals surface area (Å²) in [6, 6.07) is 32.4. The normalized spacial score (nSPS) is 10.9. The van der Waals surface area contributed by atoms with Crippen LogP contribution in [0.5, 0.6) is 0 Å². The Labute approximate surface area is 235 Å². The summed E-state index contributed by atoms with van der Waals surface area (Å²) in [7, 11) is 0. The van der Waals surface area contributed by atoms with Crippen LogP contribution in [0.15, 0.2) is 103 Å². The molecule has 0 saturated carbocycles. The maximum absolute atomic E-state index is 13.4. The van der Waals surface area contributed by atoms with Crippen LogP contribution in [-0.2, 0) is 29.2 Å². The summed E-state index contributed by atoms with van der Waals surface area (Å²) in [6.45, 7) is 5.64. The zero-order chi connectivity index (χ0) is 27.6. The van der Waals surface area contributed by atoms with Crippen LogP contribution in [0.4, 0.5) is 5.69 Å². The molecule has 4 aromatic rings. The minimum Gasteiger partial charge on any atom is -0.457 e. The van der Waals surface area contributed by atoms with Crippen LogP contribution >= 0.6 is 11.6 Å². The van der Waals surface area contributed by atoms with Crippen LogP contribution in [-0.4, -0.2) is 18.4 Å². The summed E-state index contributed by atoms with van der Waals surface area (Å²) in [5, 5.41) is 3.91. The first kappa shape index (κ1) is 28.1. The number of carbonyl (C=O) groups is 2. The lowest BCUT2D eigenvalue weighted by atomic mass is 10.0. The van der Waals surface area contributed by atoms with Crippen molar-refractivity contribution in [2.45, 2.75) is 39.5 Å². The van der Waals surface area contributed by atoms with Crippen molar-refractivity contribution in [1.29, 1.82) is 0 Å². The standard InChI is InChI=1S/C33H33ClN2O3/c1-24(2)28-12-8-26(9-13-28)22-36(32(37)21-35-20-25-10-16-30(34)17-11-25)31-18-14-29(15-19-31)33(38)39-23-27-6-4-3-5-7-27/h3-19,24,35H,20-23H2,1-2H3. The molecule has 4 aromatic carbocycles. The number of benzene rings is 4. The highest BCUT2D eigenvalue weighted by Crippen LogP contribution is 2.21. The third-order valence-corrected chi connectivity index (χ3v) is 6.69. The lowest BCUT2D eigenvalue weighted by Gasteiger charge is -2.24. The van der Waals surface area contributed by atoms with E-state index < -0.39 is 5.97 Å². The molecular weight excluding hydrogens is 508 g/mol. The summed E-state index contributed by atoms with van der Waals surface area (Å²) in [4.78, 5) is 27.7. The molecule has 0 aliphatic heterocycles. The van der Waals surface area contributed by atoms with Crippen LogP contribution < -0.4 is 10.2 Å². The molecule has 1 amide bonds. The predicted octanol–water partition coefficient (Wildman–Crippen LogP) is 7.14. The Balaban J connectivity index is 1.45. The van der Waals surface area contributed by atoms with Crippen LogP contribution in [0.1, 0.15) is 52.4 Å². The van der Waals surface area contributed by atoms with Gasteiger partial charge >= 0.3 is 5.97 Å². The Kier molecular flexibility index (Phi) is 9.90. The SMILES string of the molecule is CC(C)c1ccc(CN(C(=O)CNCc2ccc(Cl)cc2)c2ccc(C(=O)OCc3ccccc3)cc2)cc1. The Hall–Kier alpha value is -3.93. The fourth-order valence-electron chi connectivity index (χ4n) is 4.11. The van der Waals surface area contributed by atoms with E-state index in [2.05, 4.69) is 43.4 Å². The summed E-state index contributed by atoms with van der Waals surface area (Å²) in [5.74, 6) is -0.0449. The molecule has 0 atom stereocenters. The van der Waals surface area contributed by atoms with Gasteiger partial charge in [0.1, 0.15) is 6.61 Å². The Bertz CT molecular complexity index is 1350. The van der Waals surface area contributed by atoms with Gasteiger partial charge in [-0.25, -0.2) is 4.79 Å². The first-order valence-corrected chi connectivity index (χ1v) is 13.4. The zero-order valence-electron chi connectivity index (χ0n) is 22.3. The Morgan fingerprint density at radius 3 is 2.08 bits per heavy atom. The molecule has 0 bridgehead atoms. The fraction of sp³-hybridized carbons (Fsp3) is 0.212. The Morgan fingerprint density at radius 2 is 1.44 bits per heavy atom. The van der Waals surface area contributed by atoms with Gasteiger partial charge in [0.2, 0.25) is 5.91 Å². The van der Waals surface area contributed by atoms with Crippen LogP contribution in [0, 0.1) is 0 Å². The molecule has 4 rings (SSSR count). The molecule has 0 aliphatic rings. The number of rotatable bonds is 11. The minimum absolute atomic E-state index is 0.0729. The van der Waals surface area contributed by atoms with Gasteiger partial charge in [0, 0.05) is 17.3 Å². The lowest BCUT2D eigenvalue weighted by molar-refractivity contribution is -0.118. The van der Waals surface area contributed by atoms with Gasteiger partial charge in [-0.3, -0.25) is 4.79 Å². The van der Waals surface area contributed by atoms with Crippen LogP contribution in [0.2, 0.25) is 5.02 Å². The molecular formula is C33H33ClN2O3. The van der Waals surface area contributed by atoms with Crippen LogP contribution in [0.3, 0.4) is 0 Å². The number of carbonyl (C=O) groups excluding carboxylic acids is 2. The van der Waals surface area contributed by atoms with Gasteiger partial charge in [-0.1, -0.05) is 92.2 Å². The van der Waals surface area contributed by atoms with E-state index in [1.807, 2.05) is 54.6 Å². The van der Waals surface area contributed by atoms with E-state index in [0.717, 1.165) is 16.7 Å². The number of anilines is 1. The maximum atomic E-state index is 13.4. The van der Waals surface area contributed by atoms with E-state index in [1.165, 1.54) is 5.56 Å². The largest absolute Gasteiger partial charge is 0.457 e. The number of nitrogens with zero attached hydrogens (tertiary/aromatic N) is 1. The van der Waals surface area contributed by atoms with E-state index >= 15 is 0 Å². The minimum atomic E-state index is -0.405. The van der Waals surface area contributed by atoms with Gasteiger partial charge < -0.3 is 15.0 Å². The molecule has 0 aliphatic carbocycles. The second-order valence-corrected chi connectivity index (χ2v) is 10.2. The number of ether oxygens (including phenoxy) is 1. The predicted molar refractivity (Wildman–Crippen MR) is 157 cm³/mol. The van der Waals surface area contributed by atoms with Crippen molar-refractivity contribution in [1.82, 2.24) is 5.32 Å². The third kappa shape index (κ3) is 8.28. The molecule has 0 unspecified atom stereocenters. The topological polar surface area (TPSA) is 58.6 Å². The highest BCUT2D eigenvalue weighted by atomic mass is 35.5. The van der Waals surface area contributed by atoms with Gasteiger partial charge in [-0.05, 0) is 64.6 Å². The van der Waals surface area contributed by atoms with Crippen molar-refractivity contribution in [3.8, 4) is 0 Å². The first-order chi connectivity index (χ1) is 18.9. The van der Waals surface area contributed by atoms with Gasteiger partial charge in [0.25, 0.3) is 0 Å². The van der Waals surface area contributed by atoms with Crippen LogP contribution in [0.25, 0.3) is 0 Å². The fourth-order valence-corrected chi connectivity index (χ4v) is 4.24. The second-order valence-electron chi connectivity index (χ2n) is 9.71. The van der Waals surface area contributed by atoms with E-state index in [0.29, 0.717) is 35.3 Å². The average molecular weight is 541 g/mol. The molecule has 1 N–H and O–H groups in total. The highest BCUT2D eigenvalue weighted by Gasteiger charge is 2.18. The van der Waals surface area contributed by atoms with Crippen molar-refractivity contribution in [2.75, 3.05) is 11.4 Å². The molecule has 0 heterocycles. The molecule has 39 heavy (non-hydrogen) atoms.